The highest BCUT2D eigenvalue weighted by atomic mass is 35.5. The molecule has 1 aromatic rings. The molecule has 1 saturated heterocycles. The summed E-state index contributed by atoms with van der Waals surface area (Å²) in [6, 6.07) is 8.07. The number of rotatable bonds is 9. The Morgan fingerprint density at radius 3 is 2.63 bits per heavy atom. The van der Waals surface area contributed by atoms with Gasteiger partial charge in [-0.1, -0.05) is 37.1 Å². The van der Waals surface area contributed by atoms with Gasteiger partial charge in [-0.25, -0.2) is 12.7 Å². The molecule has 2 atom stereocenters. The summed E-state index contributed by atoms with van der Waals surface area (Å²) in [4.78, 5) is 4.49. The smallest absolute Gasteiger partial charge is 0.213 e. The summed E-state index contributed by atoms with van der Waals surface area (Å²) in [5.41, 5.74) is 1.90. The first-order valence-corrected chi connectivity index (χ1v) is 12.8. The molecule has 2 unspecified atom stereocenters. The SMILES string of the molecule is CCCS(=O)(=O)N(C)CCN=CC1CCNC(C2(c3ccc(Cl)cc3)CCC2)C1=N. The number of likely N-dealkylation sites (N-methyl/N-ethyl adjacent to an activating group) is 1. The number of nitrogens with one attached hydrogen (secondary N) is 2. The molecule has 0 radical (unpaired) electrons. The molecule has 0 amide bonds. The molecule has 166 valence electrons. The van der Waals surface area contributed by atoms with Gasteiger partial charge in [0.15, 0.2) is 0 Å². The Balaban J connectivity index is 1.64. The molecule has 2 aliphatic rings. The Kier molecular flexibility index (Phi) is 7.71. The summed E-state index contributed by atoms with van der Waals surface area (Å²) >= 11 is 6.08. The van der Waals surface area contributed by atoms with Crippen molar-refractivity contribution in [3.8, 4) is 0 Å². The number of hydrogen-bond acceptors (Lipinski definition) is 5. The van der Waals surface area contributed by atoms with Gasteiger partial charge < -0.3 is 10.7 Å². The highest BCUT2D eigenvalue weighted by Crippen LogP contribution is 2.48. The van der Waals surface area contributed by atoms with Crippen LogP contribution in [0.2, 0.25) is 5.02 Å². The average Bonchev–Trinajstić information content (AvgIpc) is 2.67. The normalized spacial score (nSPS) is 24.3. The van der Waals surface area contributed by atoms with Crippen molar-refractivity contribution in [1.29, 1.82) is 5.41 Å². The number of halogens is 1. The molecule has 1 heterocycles. The predicted octanol–water partition coefficient (Wildman–Crippen LogP) is 3.50. The summed E-state index contributed by atoms with van der Waals surface area (Å²) in [6.07, 6.45) is 6.63. The van der Waals surface area contributed by atoms with Crippen LogP contribution in [-0.4, -0.2) is 63.1 Å². The lowest BCUT2D eigenvalue weighted by Crippen LogP contribution is -2.61. The fourth-order valence-electron chi connectivity index (χ4n) is 4.55. The van der Waals surface area contributed by atoms with Crippen LogP contribution in [0, 0.1) is 11.3 Å². The summed E-state index contributed by atoms with van der Waals surface area (Å²) in [5.74, 6) is 0.166. The maximum Gasteiger partial charge on any atom is 0.213 e. The van der Waals surface area contributed by atoms with Crippen molar-refractivity contribution < 1.29 is 8.42 Å². The minimum absolute atomic E-state index is 0.00131. The van der Waals surface area contributed by atoms with E-state index in [-0.39, 0.29) is 23.1 Å². The van der Waals surface area contributed by atoms with Gasteiger partial charge in [-0.15, -0.1) is 0 Å². The number of aliphatic imine (C=N–C) groups is 1. The van der Waals surface area contributed by atoms with E-state index in [2.05, 4.69) is 22.4 Å². The number of piperidine rings is 1. The molecule has 1 saturated carbocycles. The van der Waals surface area contributed by atoms with Crippen molar-refractivity contribution in [2.45, 2.75) is 50.5 Å². The fraction of sp³-hybridized carbons (Fsp3) is 0.636. The molecular weight excluding hydrogens is 420 g/mol. The van der Waals surface area contributed by atoms with E-state index < -0.39 is 10.0 Å². The van der Waals surface area contributed by atoms with Crippen molar-refractivity contribution in [2.24, 2.45) is 10.9 Å². The molecule has 30 heavy (non-hydrogen) atoms. The van der Waals surface area contributed by atoms with Gasteiger partial charge in [0.2, 0.25) is 10.0 Å². The summed E-state index contributed by atoms with van der Waals surface area (Å²) in [6.45, 7) is 3.50. The Hall–Kier alpha value is -1.28. The van der Waals surface area contributed by atoms with Gasteiger partial charge in [0, 0.05) is 41.9 Å². The zero-order chi connectivity index (χ0) is 21.8. The Labute approximate surface area is 185 Å². The summed E-state index contributed by atoms with van der Waals surface area (Å²) < 4.78 is 25.5. The zero-order valence-electron chi connectivity index (χ0n) is 17.9. The van der Waals surface area contributed by atoms with Gasteiger partial charge in [-0.05, 0) is 49.9 Å². The van der Waals surface area contributed by atoms with E-state index >= 15 is 0 Å². The van der Waals surface area contributed by atoms with E-state index in [0.29, 0.717) is 25.2 Å². The van der Waals surface area contributed by atoms with Crippen LogP contribution in [-0.2, 0) is 15.4 Å². The third kappa shape index (κ3) is 4.96. The van der Waals surface area contributed by atoms with Crippen LogP contribution < -0.4 is 5.32 Å². The van der Waals surface area contributed by atoms with Crippen molar-refractivity contribution in [1.82, 2.24) is 9.62 Å². The lowest BCUT2D eigenvalue weighted by Gasteiger charge is -2.51. The molecule has 0 bridgehead atoms. The highest BCUT2D eigenvalue weighted by molar-refractivity contribution is 7.89. The Morgan fingerprint density at radius 2 is 2.03 bits per heavy atom. The minimum atomic E-state index is -3.19. The first kappa shape index (κ1) is 23.4. The maximum atomic E-state index is 12.1. The van der Waals surface area contributed by atoms with Gasteiger partial charge >= 0.3 is 0 Å². The number of nitrogens with zero attached hydrogens (tertiary/aromatic N) is 2. The summed E-state index contributed by atoms with van der Waals surface area (Å²) in [7, 11) is -1.58. The second-order valence-corrected chi connectivity index (χ2v) is 11.1. The second-order valence-electron chi connectivity index (χ2n) is 8.45. The summed E-state index contributed by atoms with van der Waals surface area (Å²) in [5, 5.41) is 13.2. The molecule has 1 aromatic carbocycles. The van der Waals surface area contributed by atoms with E-state index in [9.17, 15) is 8.42 Å². The van der Waals surface area contributed by atoms with Gasteiger partial charge in [-0.3, -0.25) is 4.99 Å². The van der Waals surface area contributed by atoms with E-state index in [1.54, 1.807) is 7.05 Å². The molecule has 1 aliphatic carbocycles. The molecule has 2 fully saturated rings. The van der Waals surface area contributed by atoms with Crippen LogP contribution in [0.25, 0.3) is 0 Å². The van der Waals surface area contributed by atoms with Gasteiger partial charge in [0.1, 0.15) is 0 Å². The van der Waals surface area contributed by atoms with Crippen molar-refractivity contribution in [2.75, 3.05) is 32.4 Å². The standard InChI is InChI=1S/C22H33ClN4O2S/c1-3-15-30(28,29)27(2)14-13-25-16-17-9-12-26-21(20(17)24)22(10-4-11-22)18-5-7-19(23)8-6-18/h5-8,16-17,21,24,26H,3-4,9-15H2,1-2H3. The van der Waals surface area contributed by atoms with Crippen LogP contribution in [0.3, 0.4) is 0 Å². The fourth-order valence-corrected chi connectivity index (χ4v) is 5.86. The van der Waals surface area contributed by atoms with Crippen molar-refractivity contribution >= 4 is 33.6 Å². The predicted molar refractivity (Wildman–Crippen MR) is 125 cm³/mol. The number of benzene rings is 1. The van der Waals surface area contributed by atoms with E-state index in [0.717, 1.165) is 30.8 Å². The molecule has 2 N–H and O–H groups in total. The average molecular weight is 453 g/mol. The first-order chi connectivity index (χ1) is 14.3. The van der Waals surface area contributed by atoms with Gasteiger partial charge in [0.25, 0.3) is 0 Å². The van der Waals surface area contributed by atoms with Crippen molar-refractivity contribution in [3.63, 3.8) is 0 Å². The Morgan fingerprint density at radius 1 is 1.33 bits per heavy atom. The first-order valence-electron chi connectivity index (χ1n) is 10.8. The topological polar surface area (TPSA) is 85.6 Å². The van der Waals surface area contributed by atoms with E-state index in [1.165, 1.54) is 16.3 Å². The molecule has 6 nitrogen and oxygen atoms in total. The zero-order valence-corrected chi connectivity index (χ0v) is 19.5. The third-order valence-corrected chi connectivity index (χ3v) is 8.81. The molecular formula is C22H33ClN4O2S. The number of hydrogen-bond donors (Lipinski definition) is 2. The van der Waals surface area contributed by atoms with Crippen LogP contribution in [0.5, 0.6) is 0 Å². The quantitative estimate of drug-likeness (QED) is 0.562. The third-order valence-electron chi connectivity index (χ3n) is 6.50. The minimum Gasteiger partial charge on any atom is -0.308 e. The van der Waals surface area contributed by atoms with E-state index in [4.69, 9.17) is 17.0 Å². The van der Waals surface area contributed by atoms with Gasteiger partial charge in [-0.2, -0.15) is 0 Å². The highest BCUT2D eigenvalue weighted by Gasteiger charge is 2.49. The van der Waals surface area contributed by atoms with Crippen LogP contribution in [0.15, 0.2) is 29.3 Å². The van der Waals surface area contributed by atoms with Crippen LogP contribution in [0.4, 0.5) is 0 Å². The van der Waals surface area contributed by atoms with Gasteiger partial charge in [0.05, 0.1) is 18.3 Å². The second kappa shape index (κ2) is 9.90. The number of sulfonamides is 1. The molecule has 3 rings (SSSR count). The lowest BCUT2D eigenvalue weighted by molar-refractivity contribution is 0.196. The monoisotopic (exact) mass is 452 g/mol. The molecule has 0 spiro atoms. The largest absolute Gasteiger partial charge is 0.308 e. The molecule has 0 aromatic heterocycles. The molecule has 8 heteroatoms. The van der Waals surface area contributed by atoms with Crippen molar-refractivity contribution in [3.05, 3.63) is 34.9 Å². The maximum absolute atomic E-state index is 12.1. The Bertz CT molecular complexity index is 866. The van der Waals surface area contributed by atoms with E-state index in [1.807, 2.05) is 25.3 Å². The van der Waals surface area contributed by atoms with Crippen LogP contribution >= 0.6 is 11.6 Å². The van der Waals surface area contributed by atoms with Crippen LogP contribution in [0.1, 0.15) is 44.6 Å². The molecule has 1 aliphatic heterocycles. The lowest BCUT2D eigenvalue weighted by atomic mass is 9.57.